The lowest BCUT2D eigenvalue weighted by molar-refractivity contribution is -0.132. The van der Waals surface area contributed by atoms with E-state index in [-0.39, 0.29) is 61.9 Å². The summed E-state index contributed by atoms with van der Waals surface area (Å²) in [6.45, 7) is 3.52. The average molecular weight is 553 g/mol. The number of hydrogen-bond donors (Lipinski definition) is 5. The van der Waals surface area contributed by atoms with E-state index in [4.69, 9.17) is 11.5 Å². The maximum Gasteiger partial charge on any atom is 0.240 e. The van der Waals surface area contributed by atoms with E-state index in [1.165, 1.54) is 12.1 Å². The first kappa shape index (κ1) is 32.2. The van der Waals surface area contributed by atoms with Gasteiger partial charge in [-0.3, -0.25) is 24.0 Å². The summed E-state index contributed by atoms with van der Waals surface area (Å²) in [5.74, 6) is -2.76. The predicted octanol–water partition coefficient (Wildman–Crippen LogP) is 1.56. The molecule has 0 aliphatic heterocycles. The number of carbonyl (C=O) groups excluding carboxylic acids is 5. The third-order valence-electron chi connectivity index (χ3n) is 6.42. The number of aromatic hydroxyl groups is 1. The Kier molecular flexibility index (Phi) is 13.0. The molecule has 0 fully saturated rings. The van der Waals surface area contributed by atoms with Crippen LogP contribution < -0.4 is 22.1 Å². The molecule has 10 heteroatoms. The second-order valence-corrected chi connectivity index (χ2v) is 10.4. The normalized spacial score (nSPS) is 13.2. The minimum atomic E-state index is -0.849. The van der Waals surface area contributed by atoms with Gasteiger partial charge < -0.3 is 27.2 Å². The number of hydrogen-bond acceptors (Lipinski definition) is 7. The standard InChI is InChI=1S/C30H40N4O6/c1-19(2)14-26(29(32)39)34-30(40)22(15-20-6-4-3-5-7-20)17-24(36)18-33-28(38)13-12-27(37)25(31)16-21-8-10-23(35)11-9-21/h3-11,19,22,25-26,35H,12-18,31H2,1-2H3,(H2,32,39)(H,33,38)(H,34,40)/t22-,25+,26+/m1/s1. The topological polar surface area (TPSA) is 182 Å². The molecule has 0 bridgehead atoms. The molecular weight excluding hydrogens is 512 g/mol. The molecule has 0 saturated heterocycles. The second-order valence-electron chi connectivity index (χ2n) is 10.4. The molecular formula is C30H40N4O6. The molecule has 0 radical (unpaired) electrons. The van der Waals surface area contributed by atoms with Crippen LogP contribution >= 0.6 is 0 Å². The summed E-state index contributed by atoms with van der Waals surface area (Å²) >= 11 is 0. The molecule has 2 rings (SSSR count). The van der Waals surface area contributed by atoms with Crippen molar-refractivity contribution >= 4 is 29.3 Å². The highest BCUT2D eigenvalue weighted by Gasteiger charge is 2.27. The van der Waals surface area contributed by atoms with Gasteiger partial charge in [-0.2, -0.15) is 0 Å². The Morgan fingerprint density at radius 1 is 0.875 bits per heavy atom. The summed E-state index contributed by atoms with van der Waals surface area (Å²) in [7, 11) is 0. The van der Waals surface area contributed by atoms with E-state index in [0.29, 0.717) is 6.42 Å². The summed E-state index contributed by atoms with van der Waals surface area (Å²) in [6, 6.07) is 13.9. The van der Waals surface area contributed by atoms with E-state index in [0.717, 1.165) is 11.1 Å². The van der Waals surface area contributed by atoms with Crippen molar-refractivity contribution in [2.45, 2.75) is 64.5 Å². The number of nitrogens with two attached hydrogens (primary N) is 2. The molecule has 0 spiro atoms. The first-order valence-electron chi connectivity index (χ1n) is 13.4. The molecule has 2 aromatic rings. The van der Waals surface area contributed by atoms with Gasteiger partial charge >= 0.3 is 0 Å². The number of phenols is 1. The van der Waals surface area contributed by atoms with Crippen LogP contribution in [0, 0.1) is 11.8 Å². The van der Waals surface area contributed by atoms with Gasteiger partial charge in [-0.1, -0.05) is 56.3 Å². The van der Waals surface area contributed by atoms with Gasteiger partial charge in [0.2, 0.25) is 17.7 Å². The molecule has 0 saturated carbocycles. The Hall–Kier alpha value is -4.05. The molecule has 0 aliphatic rings. The Morgan fingerprint density at radius 3 is 2.10 bits per heavy atom. The van der Waals surface area contributed by atoms with Crippen LogP contribution in [0.25, 0.3) is 0 Å². The lowest BCUT2D eigenvalue weighted by Gasteiger charge is -2.22. The first-order valence-corrected chi connectivity index (χ1v) is 13.4. The monoisotopic (exact) mass is 552 g/mol. The molecule has 7 N–H and O–H groups in total. The Morgan fingerprint density at radius 2 is 1.50 bits per heavy atom. The van der Waals surface area contributed by atoms with E-state index in [9.17, 15) is 29.1 Å². The zero-order valence-corrected chi connectivity index (χ0v) is 23.1. The van der Waals surface area contributed by atoms with Crippen molar-refractivity contribution in [3.8, 4) is 5.75 Å². The molecule has 216 valence electrons. The quantitative estimate of drug-likeness (QED) is 0.197. The largest absolute Gasteiger partial charge is 0.508 e. The number of nitrogens with one attached hydrogen (secondary N) is 2. The molecule has 10 nitrogen and oxygen atoms in total. The lowest BCUT2D eigenvalue weighted by Crippen LogP contribution is -2.48. The van der Waals surface area contributed by atoms with E-state index in [1.54, 1.807) is 12.1 Å². The zero-order chi connectivity index (χ0) is 29.7. The third kappa shape index (κ3) is 11.8. The number of amides is 3. The number of primary amides is 1. The van der Waals surface area contributed by atoms with Crippen molar-refractivity contribution in [3.05, 3.63) is 65.7 Å². The minimum Gasteiger partial charge on any atom is -0.508 e. The van der Waals surface area contributed by atoms with Gasteiger partial charge in [0, 0.05) is 25.2 Å². The summed E-state index contributed by atoms with van der Waals surface area (Å²) in [6.07, 6.45) is 0.567. The molecule has 0 aromatic heterocycles. The summed E-state index contributed by atoms with van der Waals surface area (Å²) in [5.41, 5.74) is 13.1. The molecule has 0 heterocycles. The highest BCUT2D eigenvalue weighted by Crippen LogP contribution is 2.15. The Labute approximate surface area is 234 Å². The van der Waals surface area contributed by atoms with Gasteiger partial charge in [-0.25, -0.2) is 0 Å². The van der Waals surface area contributed by atoms with Crippen molar-refractivity contribution in [2.75, 3.05) is 6.54 Å². The number of phenolic OH excluding ortho intramolecular Hbond substituents is 1. The first-order chi connectivity index (χ1) is 18.9. The summed E-state index contributed by atoms with van der Waals surface area (Å²) in [5, 5.41) is 14.6. The fourth-order valence-electron chi connectivity index (χ4n) is 4.22. The molecule has 3 amide bonds. The van der Waals surface area contributed by atoms with E-state index < -0.39 is 35.7 Å². The maximum atomic E-state index is 13.1. The highest BCUT2D eigenvalue weighted by molar-refractivity contribution is 5.93. The van der Waals surface area contributed by atoms with Crippen molar-refractivity contribution in [3.63, 3.8) is 0 Å². The van der Waals surface area contributed by atoms with Gasteiger partial charge in [0.05, 0.1) is 12.6 Å². The Bertz CT molecular complexity index is 1150. The van der Waals surface area contributed by atoms with Gasteiger partial charge in [-0.05, 0) is 48.4 Å². The van der Waals surface area contributed by atoms with Gasteiger partial charge in [0.15, 0.2) is 5.78 Å². The molecule has 3 atom stereocenters. The van der Waals surface area contributed by atoms with Crippen LogP contribution in [0.4, 0.5) is 0 Å². The van der Waals surface area contributed by atoms with Gasteiger partial charge in [0.25, 0.3) is 0 Å². The van der Waals surface area contributed by atoms with Crippen LogP contribution in [-0.4, -0.2) is 53.0 Å². The van der Waals surface area contributed by atoms with Crippen LogP contribution in [0.15, 0.2) is 54.6 Å². The van der Waals surface area contributed by atoms with Gasteiger partial charge in [-0.15, -0.1) is 0 Å². The fraction of sp³-hybridized carbons (Fsp3) is 0.433. The highest BCUT2D eigenvalue weighted by atomic mass is 16.3. The van der Waals surface area contributed by atoms with Crippen LogP contribution in [0.5, 0.6) is 5.75 Å². The van der Waals surface area contributed by atoms with Gasteiger partial charge in [0.1, 0.15) is 17.6 Å². The molecule has 2 aromatic carbocycles. The van der Waals surface area contributed by atoms with E-state index >= 15 is 0 Å². The number of carbonyl (C=O) groups is 5. The average Bonchev–Trinajstić information content (AvgIpc) is 2.91. The molecule has 0 aliphatic carbocycles. The SMILES string of the molecule is CC(C)C[C@H](NC(=O)[C@@H](CC(=O)CNC(=O)CCC(=O)[C@@H](N)Cc1ccc(O)cc1)Cc1ccccc1)C(N)=O. The number of Topliss-reactive ketones (excluding diaryl/α,β-unsaturated/α-hetero) is 2. The number of benzene rings is 2. The van der Waals surface area contributed by atoms with Crippen molar-refractivity contribution in [1.29, 1.82) is 0 Å². The van der Waals surface area contributed by atoms with Crippen molar-refractivity contribution in [1.82, 2.24) is 10.6 Å². The van der Waals surface area contributed by atoms with Crippen molar-refractivity contribution < 1.29 is 29.1 Å². The minimum absolute atomic E-state index is 0.0807. The van der Waals surface area contributed by atoms with E-state index in [1.807, 2.05) is 44.2 Å². The van der Waals surface area contributed by atoms with E-state index in [2.05, 4.69) is 10.6 Å². The summed E-state index contributed by atoms with van der Waals surface area (Å²) < 4.78 is 0. The zero-order valence-electron chi connectivity index (χ0n) is 23.1. The molecule has 0 unspecified atom stereocenters. The smallest absolute Gasteiger partial charge is 0.240 e. The summed E-state index contributed by atoms with van der Waals surface area (Å²) in [4.78, 5) is 62.3. The lowest BCUT2D eigenvalue weighted by atomic mass is 9.92. The van der Waals surface area contributed by atoms with Crippen LogP contribution in [0.3, 0.4) is 0 Å². The third-order valence-corrected chi connectivity index (χ3v) is 6.42. The second kappa shape index (κ2) is 16.1. The fourth-order valence-corrected chi connectivity index (χ4v) is 4.22. The van der Waals surface area contributed by atoms with Crippen LogP contribution in [0.2, 0.25) is 0 Å². The molecule has 40 heavy (non-hydrogen) atoms. The van der Waals surface area contributed by atoms with Crippen molar-refractivity contribution in [2.24, 2.45) is 23.3 Å². The Balaban J connectivity index is 1.88. The maximum absolute atomic E-state index is 13.1. The number of rotatable bonds is 17. The number of ketones is 2. The van der Waals surface area contributed by atoms with Crippen LogP contribution in [-0.2, 0) is 36.8 Å². The van der Waals surface area contributed by atoms with Crippen LogP contribution in [0.1, 0.15) is 50.7 Å². The predicted molar refractivity (Wildman–Crippen MR) is 151 cm³/mol.